The fourth-order valence-electron chi connectivity index (χ4n) is 6.05. The number of nitrogens with zero attached hydrogens (tertiary/aromatic N) is 3. The van der Waals surface area contributed by atoms with E-state index < -0.39 is 29.7 Å². The lowest BCUT2D eigenvalue weighted by molar-refractivity contribution is -0.136. The molecule has 2 N–H and O–H groups in total. The minimum Gasteiger partial charge on any atom is -0.380 e. The van der Waals surface area contributed by atoms with E-state index in [1.807, 2.05) is 0 Å². The van der Waals surface area contributed by atoms with Gasteiger partial charge in [0.25, 0.3) is 11.8 Å². The summed E-state index contributed by atoms with van der Waals surface area (Å²) in [4.78, 5) is 56.2. The van der Waals surface area contributed by atoms with Crippen molar-refractivity contribution in [1.82, 2.24) is 15.1 Å². The van der Waals surface area contributed by atoms with Gasteiger partial charge in [0.05, 0.1) is 21.8 Å². The van der Waals surface area contributed by atoms with E-state index in [1.54, 1.807) is 18.2 Å². The van der Waals surface area contributed by atoms with Gasteiger partial charge in [0.15, 0.2) is 0 Å². The summed E-state index contributed by atoms with van der Waals surface area (Å²) in [6.45, 7) is 7.23. The highest BCUT2D eigenvalue weighted by atomic mass is 35.5. The molecule has 0 aromatic heterocycles. The van der Waals surface area contributed by atoms with E-state index in [1.165, 1.54) is 11.1 Å². The molecule has 0 saturated carbocycles. The zero-order chi connectivity index (χ0) is 30.1. The maximum atomic E-state index is 13.3. The third kappa shape index (κ3) is 5.87. The molecule has 2 fully saturated rings. The first kappa shape index (κ1) is 28.9. The minimum absolute atomic E-state index is 0.0868. The maximum absolute atomic E-state index is 13.3. The van der Waals surface area contributed by atoms with Crippen molar-refractivity contribution in [2.24, 2.45) is 0 Å². The lowest BCUT2D eigenvalue weighted by Crippen LogP contribution is -2.54. The van der Waals surface area contributed by atoms with Crippen LogP contribution in [0.15, 0.2) is 60.7 Å². The summed E-state index contributed by atoms with van der Waals surface area (Å²) in [6.07, 6.45) is 1.19. The molecule has 1 atom stereocenters. The zero-order valence-electron chi connectivity index (χ0n) is 24.1. The van der Waals surface area contributed by atoms with E-state index in [-0.39, 0.29) is 24.0 Å². The molecule has 9 nitrogen and oxygen atoms in total. The number of hydrogen-bond donors (Lipinski definition) is 2. The van der Waals surface area contributed by atoms with Crippen LogP contribution in [-0.4, -0.2) is 65.6 Å². The first-order valence-electron chi connectivity index (χ1n) is 14.7. The zero-order valence-corrected chi connectivity index (χ0v) is 24.8. The van der Waals surface area contributed by atoms with Crippen LogP contribution < -0.4 is 15.5 Å². The molecular formula is C33H34ClN5O4. The van der Waals surface area contributed by atoms with Gasteiger partial charge >= 0.3 is 0 Å². The first-order valence-corrected chi connectivity index (χ1v) is 15.1. The summed E-state index contributed by atoms with van der Waals surface area (Å²) in [6, 6.07) is 18.8. The number of fused-ring (bicyclic) bond motifs is 1. The van der Waals surface area contributed by atoms with Gasteiger partial charge in [0.2, 0.25) is 11.8 Å². The number of anilines is 2. The summed E-state index contributed by atoms with van der Waals surface area (Å²) >= 11 is 6.56. The van der Waals surface area contributed by atoms with Crippen LogP contribution in [0.25, 0.3) is 0 Å². The Bertz CT molecular complexity index is 1580. The third-order valence-corrected chi connectivity index (χ3v) is 8.82. The molecule has 0 radical (unpaired) electrons. The van der Waals surface area contributed by atoms with E-state index in [0.29, 0.717) is 12.2 Å². The molecule has 3 aliphatic heterocycles. The van der Waals surface area contributed by atoms with E-state index >= 15 is 0 Å². The Balaban J connectivity index is 1.04. The minimum atomic E-state index is -0.987. The van der Waals surface area contributed by atoms with Crippen LogP contribution in [0, 0.1) is 0 Å². The highest BCUT2D eigenvalue weighted by molar-refractivity contribution is 6.33. The lowest BCUT2D eigenvalue weighted by Gasteiger charge is -2.36. The number of carbonyl (C=O) groups excluding carboxylic acids is 4. The quantitative estimate of drug-likeness (QED) is 0.374. The molecule has 10 heteroatoms. The number of piperidine rings is 1. The fourth-order valence-corrected chi connectivity index (χ4v) is 6.38. The second-order valence-corrected chi connectivity index (χ2v) is 11.7. The normalized spacial score (nSPS) is 19.1. The van der Waals surface area contributed by atoms with Crippen LogP contribution >= 0.6 is 11.6 Å². The third-order valence-electron chi connectivity index (χ3n) is 8.51. The van der Waals surface area contributed by atoms with Crippen molar-refractivity contribution in [1.29, 1.82) is 0 Å². The van der Waals surface area contributed by atoms with Gasteiger partial charge in [-0.1, -0.05) is 54.9 Å². The van der Waals surface area contributed by atoms with Crippen LogP contribution in [0.4, 0.5) is 11.4 Å². The molecule has 4 amide bonds. The van der Waals surface area contributed by atoms with Crippen molar-refractivity contribution < 1.29 is 19.2 Å². The summed E-state index contributed by atoms with van der Waals surface area (Å²) in [7, 11) is 0. The monoisotopic (exact) mass is 599 g/mol. The number of benzene rings is 3. The molecule has 0 aliphatic carbocycles. The molecule has 6 rings (SSSR count). The average Bonchev–Trinajstić information content (AvgIpc) is 3.27. The number of amides is 4. The number of carbonyl (C=O) groups is 4. The first-order chi connectivity index (χ1) is 20.8. The van der Waals surface area contributed by atoms with E-state index in [2.05, 4.69) is 69.8 Å². The predicted octanol–water partition coefficient (Wildman–Crippen LogP) is 4.24. The van der Waals surface area contributed by atoms with Crippen molar-refractivity contribution in [3.05, 3.63) is 93.5 Å². The molecule has 1 unspecified atom stereocenters. The number of aryl methyl sites for hydroxylation is 1. The Hall–Kier alpha value is -4.21. The van der Waals surface area contributed by atoms with E-state index in [9.17, 15) is 19.2 Å². The summed E-state index contributed by atoms with van der Waals surface area (Å²) in [5.41, 5.74) is 5.68. The number of imide groups is 2. The smallest absolute Gasteiger partial charge is 0.264 e. The van der Waals surface area contributed by atoms with Crippen LogP contribution in [0.5, 0.6) is 0 Å². The van der Waals surface area contributed by atoms with Gasteiger partial charge in [-0.15, -0.1) is 0 Å². The van der Waals surface area contributed by atoms with Crippen LogP contribution in [0.3, 0.4) is 0 Å². The van der Waals surface area contributed by atoms with Crippen LogP contribution in [0.2, 0.25) is 5.02 Å². The molecule has 0 bridgehead atoms. The largest absolute Gasteiger partial charge is 0.380 e. The molecule has 3 aromatic carbocycles. The summed E-state index contributed by atoms with van der Waals surface area (Å²) < 4.78 is 0. The lowest BCUT2D eigenvalue weighted by atomic mass is 10.0. The molecule has 2 saturated heterocycles. The van der Waals surface area contributed by atoms with E-state index in [4.69, 9.17) is 11.6 Å². The Labute approximate surface area is 255 Å². The highest BCUT2D eigenvalue weighted by Crippen LogP contribution is 2.33. The van der Waals surface area contributed by atoms with E-state index in [0.717, 1.165) is 60.3 Å². The predicted molar refractivity (Wildman–Crippen MR) is 165 cm³/mol. The second-order valence-electron chi connectivity index (χ2n) is 11.2. The molecule has 3 aliphatic rings. The van der Waals surface area contributed by atoms with Gasteiger partial charge in [0.1, 0.15) is 6.04 Å². The fraction of sp³-hybridized carbons (Fsp3) is 0.333. The molecule has 222 valence electrons. The SMILES string of the molecule is CCc1ccc(N2CCN(Cc3ccc(CNc4cccc5c4C(=O)N(C4CCC(=O)NC4=O)C5=O)cc3)CC2)c(Cl)c1. The second kappa shape index (κ2) is 12.2. The van der Waals surface area contributed by atoms with Gasteiger partial charge in [-0.3, -0.25) is 34.3 Å². The van der Waals surface area contributed by atoms with Crippen molar-refractivity contribution >= 4 is 46.6 Å². The van der Waals surface area contributed by atoms with Gasteiger partial charge in [0, 0.05) is 51.4 Å². The summed E-state index contributed by atoms with van der Waals surface area (Å²) in [5, 5.41) is 6.36. The van der Waals surface area contributed by atoms with Crippen molar-refractivity contribution in [3.63, 3.8) is 0 Å². The topological polar surface area (TPSA) is 102 Å². The molecule has 0 spiro atoms. The van der Waals surface area contributed by atoms with Crippen molar-refractivity contribution in [2.75, 3.05) is 36.4 Å². The molecule has 3 aromatic rings. The van der Waals surface area contributed by atoms with Gasteiger partial charge < -0.3 is 10.2 Å². The summed E-state index contributed by atoms with van der Waals surface area (Å²) in [5.74, 6) is -2.05. The number of rotatable bonds is 8. The molecular weight excluding hydrogens is 566 g/mol. The average molecular weight is 600 g/mol. The Morgan fingerprint density at radius 2 is 1.60 bits per heavy atom. The standard InChI is InChI=1S/C33H34ClN5O4/c1-2-21-10-11-27(25(34)18-21)38-16-14-37(15-17-38)20-23-8-6-22(7-9-23)19-35-26-5-3-4-24-30(26)33(43)39(32(24)42)28-12-13-29(40)36-31(28)41/h3-11,18,28,35H,2,12-17,19-20H2,1H3,(H,36,40,41). The Morgan fingerprint density at radius 3 is 2.30 bits per heavy atom. The Kier molecular flexibility index (Phi) is 8.19. The number of piperazine rings is 1. The highest BCUT2D eigenvalue weighted by Gasteiger charge is 2.45. The molecule has 43 heavy (non-hydrogen) atoms. The van der Waals surface area contributed by atoms with Crippen molar-refractivity contribution in [2.45, 2.75) is 45.3 Å². The van der Waals surface area contributed by atoms with Crippen molar-refractivity contribution in [3.8, 4) is 0 Å². The number of halogens is 1. The van der Waals surface area contributed by atoms with Crippen LogP contribution in [-0.2, 0) is 29.1 Å². The van der Waals surface area contributed by atoms with Gasteiger partial charge in [-0.2, -0.15) is 0 Å². The van der Waals surface area contributed by atoms with Gasteiger partial charge in [-0.05, 0) is 53.8 Å². The Morgan fingerprint density at radius 1 is 0.884 bits per heavy atom. The van der Waals surface area contributed by atoms with Crippen LogP contribution in [0.1, 0.15) is 57.2 Å². The number of nitrogens with one attached hydrogen (secondary N) is 2. The number of hydrogen-bond acceptors (Lipinski definition) is 7. The maximum Gasteiger partial charge on any atom is 0.264 e. The molecule has 3 heterocycles. The van der Waals surface area contributed by atoms with Gasteiger partial charge in [-0.25, -0.2) is 0 Å².